The van der Waals surface area contributed by atoms with Gasteiger partial charge in [-0.05, 0) is 12.8 Å². The summed E-state index contributed by atoms with van der Waals surface area (Å²) in [5, 5.41) is 13.6. The minimum atomic E-state index is -4.69. The minimum absolute atomic E-state index is 0.185. The molecule has 0 saturated heterocycles. The third kappa shape index (κ3) is 48.4. The van der Waals surface area contributed by atoms with Crippen LogP contribution in [0.25, 0.3) is 0 Å². The summed E-state index contributed by atoms with van der Waals surface area (Å²) in [7, 11) is -4.69. The molecule has 0 spiro atoms. The standard InChI is InChI=1S/C51H104NO6P/c1-3-5-7-9-11-13-15-17-19-20-21-22-23-24-25-26-27-28-29-30-31-33-35-37-39-41-43-45-47-51(54)52-49(48-58-59(55,56)57)50(53)46-44-42-40-38-36-34-32-18-16-14-12-10-8-6-4-2/h49-50,53H,3-48H2,1-2H3,(H,52,54)(H2,55,56,57)/t49-,50+/m0/s1. The van der Waals surface area contributed by atoms with Crippen molar-refractivity contribution in [3.05, 3.63) is 0 Å². The van der Waals surface area contributed by atoms with Gasteiger partial charge in [0.1, 0.15) is 0 Å². The number of aliphatic hydroxyl groups is 1. The number of amides is 1. The van der Waals surface area contributed by atoms with E-state index in [1.165, 1.54) is 238 Å². The Morgan fingerprint density at radius 1 is 0.424 bits per heavy atom. The fourth-order valence-electron chi connectivity index (χ4n) is 8.59. The average Bonchev–Trinajstić information content (AvgIpc) is 3.21. The lowest BCUT2D eigenvalue weighted by molar-refractivity contribution is -0.123. The van der Waals surface area contributed by atoms with Gasteiger partial charge in [0, 0.05) is 6.42 Å². The van der Waals surface area contributed by atoms with Crippen LogP contribution >= 0.6 is 7.82 Å². The Kier molecular flexibility index (Phi) is 46.7. The van der Waals surface area contributed by atoms with Crippen LogP contribution in [-0.4, -0.2) is 39.6 Å². The van der Waals surface area contributed by atoms with Crippen molar-refractivity contribution < 1.29 is 28.8 Å². The zero-order valence-electron chi connectivity index (χ0n) is 39.7. The van der Waals surface area contributed by atoms with Crippen molar-refractivity contribution in [2.45, 2.75) is 315 Å². The van der Waals surface area contributed by atoms with Gasteiger partial charge < -0.3 is 20.2 Å². The van der Waals surface area contributed by atoms with Gasteiger partial charge in [0.25, 0.3) is 0 Å². The highest BCUT2D eigenvalue weighted by atomic mass is 31.2. The number of unbranched alkanes of at least 4 members (excludes halogenated alkanes) is 41. The Balaban J connectivity index is 3.68. The molecule has 0 aromatic rings. The van der Waals surface area contributed by atoms with E-state index in [1.54, 1.807) is 0 Å². The maximum absolute atomic E-state index is 12.7. The van der Waals surface area contributed by atoms with Gasteiger partial charge in [-0.2, -0.15) is 0 Å². The number of phosphoric ester groups is 1. The first-order valence-corrected chi connectivity index (χ1v) is 28.0. The molecule has 0 rings (SSSR count). The van der Waals surface area contributed by atoms with Crippen LogP contribution in [0.4, 0.5) is 0 Å². The Morgan fingerprint density at radius 3 is 0.915 bits per heavy atom. The molecule has 0 heterocycles. The molecule has 8 heteroatoms. The summed E-state index contributed by atoms with van der Waals surface area (Å²) >= 11 is 0. The second-order valence-corrected chi connectivity index (χ2v) is 19.8. The molecule has 4 N–H and O–H groups in total. The van der Waals surface area contributed by atoms with Crippen molar-refractivity contribution in [3.8, 4) is 0 Å². The number of carbonyl (C=O) groups is 1. The first-order chi connectivity index (χ1) is 28.8. The predicted octanol–water partition coefficient (Wildman–Crippen LogP) is 16.5. The van der Waals surface area contributed by atoms with Gasteiger partial charge in [0.05, 0.1) is 18.8 Å². The lowest BCUT2D eigenvalue weighted by atomic mass is 10.0. The van der Waals surface area contributed by atoms with Crippen molar-refractivity contribution in [2.75, 3.05) is 6.61 Å². The maximum Gasteiger partial charge on any atom is 0.469 e. The summed E-state index contributed by atoms with van der Waals surface area (Å²) in [5.74, 6) is -0.185. The van der Waals surface area contributed by atoms with Crippen LogP contribution in [0.3, 0.4) is 0 Å². The molecule has 2 atom stereocenters. The highest BCUT2D eigenvalue weighted by molar-refractivity contribution is 7.46. The molecular formula is C51H104NO6P. The Labute approximate surface area is 368 Å². The molecule has 7 nitrogen and oxygen atoms in total. The van der Waals surface area contributed by atoms with Gasteiger partial charge in [-0.25, -0.2) is 4.57 Å². The molecule has 0 bridgehead atoms. The number of hydrogen-bond acceptors (Lipinski definition) is 4. The summed E-state index contributed by atoms with van der Waals surface area (Å²) in [5.41, 5.74) is 0. The van der Waals surface area contributed by atoms with Crippen LogP contribution in [-0.2, 0) is 13.9 Å². The van der Waals surface area contributed by atoms with Crippen molar-refractivity contribution in [2.24, 2.45) is 0 Å². The van der Waals surface area contributed by atoms with Crippen LogP contribution in [0.1, 0.15) is 303 Å². The van der Waals surface area contributed by atoms with Gasteiger partial charge in [-0.15, -0.1) is 0 Å². The van der Waals surface area contributed by atoms with Crippen molar-refractivity contribution in [1.82, 2.24) is 5.32 Å². The van der Waals surface area contributed by atoms with E-state index < -0.39 is 26.6 Å². The average molecular weight is 858 g/mol. The van der Waals surface area contributed by atoms with E-state index in [2.05, 4.69) is 19.2 Å². The molecule has 0 radical (unpaired) electrons. The molecule has 0 aromatic heterocycles. The third-order valence-electron chi connectivity index (χ3n) is 12.6. The van der Waals surface area contributed by atoms with E-state index in [0.29, 0.717) is 12.8 Å². The zero-order chi connectivity index (χ0) is 43.2. The fourth-order valence-corrected chi connectivity index (χ4v) is 8.94. The SMILES string of the molecule is CCCCCCCCCCCCCCCCCCCCCCCCCCCCCCC(=O)N[C@@H](COP(=O)(O)O)[C@H](O)CCCCCCCCCCCCCCCCC. The highest BCUT2D eigenvalue weighted by Gasteiger charge is 2.25. The van der Waals surface area contributed by atoms with Gasteiger partial charge >= 0.3 is 7.82 Å². The van der Waals surface area contributed by atoms with Crippen LogP contribution in [0.5, 0.6) is 0 Å². The van der Waals surface area contributed by atoms with Gasteiger partial charge in [-0.1, -0.05) is 284 Å². The highest BCUT2D eigenvalue weighted by Crippen LogP contribution is 2.36. The van der Waals surface area contributed by atoms with Crippen LogP contribution < -0.4 is 5.32 Å². The summed E-state index contributed by atoms with van der Waals surface area (Å²) in [6, 6.07) is -0.819. The lowest BCUT2D eigenvalue weighted by Gasteiger charge is -2.24. The molecule has 0 saturated carbocycles. The van der Waals surface area contributed by atoms with E-state index in [-0.39, 0.29) is 5.91 Å². The Bertz CT molecular complexity index is 884. The molecule has 0 aromatic carbocycles. The smallest absolute Gasteiger partial charge is 0.391 e. The monoisotopic (exact) mass is 858 g/mol. The summed E-state index contributed by atoms with van der Waals surface area (Å²) in [6.07, 6.45) is 56.9. The molecule has 0 aliphatic heterocycles. The van der Waals surface area contributed by atoms with E-state index >= 15 is 0 Å². The summed E-state index contributed by atoms with van der Waals surface area (Å²) in [6.45, 7) is 4.17. The van der Waals surface area contributed by atoms with Crippen molar-refractivity contribution in [3.63, 3.8) is 0 Å². The molecule has 59 heavy (non-hydrogen) atoms. The number of hydrogen-bond donors (Lipinski definition) is 4. The van der Waals surface area contributed by atoms with Gasteiger partial charge in [-0.3, -0.25) is 9.32 Å². The first-order valence-electron chi connectivity index (χ1n) is 26.5. The third-order valence-corrected chi connectivity index (χ3v) is 13.1. The topological polar surface area (TPSA) is 116 Å². The number of carbonyl (C=O) groups excluding carboxylic acids is 1. The maximum atomic E-state index is 12.7. The summed E-state index contributed by atoms with van der Waals surface area (Å²) < 4.78 is 16.0. The molecule has 0 fully saturated rings. The number of phosphoric acid groups is 1. The molecule has 0 unspecified atom stereocenters. The second kappa shape index (κ2) is 47.0. The normalized spacial score (nSPS) is 13.0. The van der Waals surface area contributed by atoms with Crippen molar-refractivity contribution in [1.29, 1.82) is 0 Å². The van der Waals surface area contributed by atoms with Crippen LogP contribution in [0, 0.1) is 0 Å². The predicted molar refractivity (Wildman–Crippen MR) is 255 cm³/mol. The minimum Gasteiger partial charge on any atom is -0.391 e. The van der Waals surface area contributed by atoms with Crippen molar-refractivity contribution >= 4 is 13.7 Å². The first kappa shape index (κ1) is 58.5. The van der Waals surface area contributed by atoms with Gasteiger partial charge in [0.15, 0.2) is 0 Å². The molecular weight excluding hydrogens is 754 g/mol. The number of nitrogens with one attached hydrogen (secondary N) is 1. The largest absolute Gasteiger partial charge is 0.469 e. The lowest BCUT2D eigenvalue weighted by Crippen LogP contribution is -2.46. The van der Waals surface area contributed by atoms with E-state index in [0.717, 1.165) is 38.5 Å². The molecule has 0 aliphatic carbocycles. The zero-order valence-corrected chi connectivity index (χ0v) is 40.6. The van der Waals surface area contributed by atoms with Gasteiger partial charge in [0.2, 0.25) is 5.91 Å². The Morgan fingerprint density at radius 2 is 0.661 bits per heavy atom. The number of aliphatic hydroxyl groups excluding tert-OH is 1. The fraction of sp³-hybridized carbons (Fsp3) is 0.980. The summed E-state index contributed by atoms with van der Waals surface area (Å²) in [4.78, 5) is 31.1. The van der Waals surface area contributed by atoms with E-state index in [9.17, 15) is 24.3 Å². The van der Waals surface area contributed by atoms with E-state index in [4.69, 9.17) is 4.52 Å². The second-order valence-electron chi connectivity index (χ2n) is 18.6. The van der Waals surface area contributed by atoms with Crippen LogP contribution in [0.15, 0.2) is 0 Å². The molecule has 1 amide bonds. The van der Waals surface area contributed by atoms with E-state index in [1.807, 2.05) is 0 Å². The molecule has 0 aliphatic rings. The quantitative estimate of drug-likeness (QED) is 0.0358. The molecule has 354 valence electrons. The van der Waals surface area contributed by atoms with Crippen LogP contribution in [0.2, 0.25) is 0 Å². The Hall–Kier alpha value is -0.460. The number of rotatable bonds is 50.